The minimum atomic E-state index is -3.49. The SMILES string of the molecule is Cc1nn(-c2ccccc2)c(C)c1C(=O)NC(C)c1ccc(S(=O)(=O)N(C)C)cc1. The zero-order valence-electron chi connectivity index (χ0n) is 17.7. The van der Waals surface area contributed by atoms with Gasteiger partial charge in [0, 0.05) is 14.1 Å². The standard InChI is InChI=1S/C22H26N4O3S/c1-15(18-11-13-20(14-12-18)30(28,29)25(4)5)23-22(27)21-16(2)24-26(17(21)3)19-9-7-6-8-10-19/h6-15H,1-5H3,(H,23,27). The van der Waals surface area contributed by atoms with E-state index >= 15 is 0 Å². The Morgan fingerprint density at radius 1 is 1.03 bits per heavy atom. The Kier molecular flexibility index (Phi) is 6.09. The first-order chi connectivity index (χ1) is 14.1. The van der Waals surface area contributed by atoms with Gasteiger partial charge in [0.05, 0.1) is 33.6 Å². The Morgan fingerprint density at radius 3 is 2.20 bits per heavy atom. The molecule has 1 aromatic heterocycles. The summed E-state index contributed by atoms with van der Waals surface area (Å²) in [5, 5.41) is 7.51. The fourth-order valence-corrected chi connectivity index (χ4v) is 4.18. The van der Waals surface area contributed by atoms with Gasteiger partial charge in [-0.05, 0) is 50.6 Å². The number of benzene rings is 2. The van der Waals surface area contributed by atoms with Gasteiger partial charge in [-0.1, -0.05) is 30.3 Å². The molecule has 1 amide bonds. The van der Waals surface area contributed by atoms with Crippen molar-refractivity contribution in [2.24, 2.45) is 0 Å². The lowest BCUT2D eigenvalue weighted by atomic mass is 10.1. The number of carbonyl (C=O) groups excluding carboxylic acids is 1. The lowest BCUT2D eigenvalue weighted by Crippen LogP contribution is -2.27. The molecule has 0 fully saturated rings. The van der Waals surface area contributed by atoms with Gasteiger partial charge in [-0.25, -0.2) is 17.4 Å². The highest BCUT2D eigenvalue weighted by Gasteiger charge is 2.22. The molecule has 30 heavy (non-hydrogen) atoms. The van der Waals surface area contributed by atoms with Crippen molar-refractivity contribution in [3.8, 4) is 5.69 Å². The fourth-order valence-electron chi connectivity index (χ4n) is 3.28. The maximum atomic E-state index is 13.0. The van der Waals surface area contributed by atoms with Gasteiger partial charge in [-0.15, -0.1) is 0 Å². The van der Waals surface area contributed by atoms with Crippen molar-refractivity contribution in [1.29, 1.82) is 0 Å². The van der Waals surface area contributed by atoms with Crippen LogP contribution in [0.3, 0.4) is 0 Å². The van der Waals surface area contributed by atoms with Gasteiger partial charge in [-0.2, -0.15) is 5.10 Å². The van der Waals surface area contributed by atoms with Crippen LogP contribution in [0.5, 0.6) is 0 Å². The smallest absolute Gasteiger partial charge is 0.255 e. The molecule has 7 nitrogen and oxygen atoms in total. The van der Waals surface area contributed by atoms with Gasteiger partial charge in [0.1, 0.15) is 0 Å². The molecule has 0 spiro atoms. The Hall–Kier alpha value is -2.97. The number of hydrogen-bond donors (Lipinski definition) is 1. The molecule has 1 atom stereocenters. The molecule has 0 saturated carbocycles. The van der Waals surface area contributed by atoms with E-state index in [9.17, 15) is 13.2 Å². The summed E-state index contributed by atoms with van der Waals surface area (Å²) in [7, 11) is -0.500. The van der Waals surface area contributed by atoms with E-state index in [1.807, 2.05) is 51.1 Å². The summed E-state index contributed by atoms with van der Waals surface area (Å²) in [5.74, 6) is -0.218. The molecule has 1 N–H and O–H groups in total. The monoisotopic (exact) mass is 426 g/mol. The molecule has 8 heteroatoms. The molecule has 1 unspecified atom stereocenters. The summed E-state index contributed by atoms with van der Waals surface area (Å²) in [4.78, 5) is 13.2. The third-order valence-electron chi connectivity index (χ3n) is 5.03. The second kappa shape index (κ2) is 8.41. The number of hydrogen-bond acceptors (Lipinski definition) is 4. The topological polar surface area (TPSA) is 84.3 Å². The van der Waals surface area contributed by atoms with Crippen molar-refractivity contribution in [1.82, 2.24) is 19.4 Å². The van der Waals surface area contributed by atoms with Crippen LogP contribution >= 0.6 is 0 Å². The molecule has 3 rings (SSSR count). The fraction of sp³-hybridized carbons (Fsp3) is 0.273. The van der Waals surface area contributed by atoms with E-state index < -0.39 is 10.0 Å². The third-order valence-corrected chi connectivity index (χ3v) is 6.85. The van der Waals surface area contributed by atoms with Crippen molar-refractivity contribution in [2.45, 2.75) is 31.7 Å². The Balaban J connectivity index is 1.81. The lowest BCUT2D eigenvalue weighted by Gasteiger charge is -2.16. The molecular formula is C22H26N4O3S. The normalized spacial score (nSPS) is 12.7. The number of nitrogens with one attached hydrogen (secondary N) is 1. The van der Waals surface area contributed by atoms with E-state index in [2.05, 4.69) is 10.4 Å². The number of nitrogens with zero attached hydrogens (tertiary/aromatic N) is 3. The van der Waals surface area contributed by atoms with Crippen molar-refractivity contribution in [3.05, 3.63) is 77.1 Å². The van der Waals surface area contributed by atoms with E-state index in [1.54, 1.807) is 28.9 Å². The highest BCUT2D eigenvalue weighted by molar-refractivity contribution is 7.89. The van der Waals surface area contributed by atoms with Gasteiger partial charge in [0.2, 0.25) is 10.0 Å². The van der Waals surface area contributed by atoms with E-state index in [4.69, 9.17) is 0 Å². The molecule has 0 radical (unpaired) electrons. The lowest BCUT2D eigenvalue weighted by molar-refractivity contribution is 0.0938. The molecule has 2 aromatic carbocycles. The Labute approximate surface area is 177 Å². The zero-order chi connectivity index (χ0) is 22.1. The summed E-state index contributed by atoms with van der Waals surface area (Å²) < 4.78 is 27.4. The molecule has 0 aliphatic heterocycles. The summed E-state index contributed by atoms with van der Waals surface area (Å²) in [6.45, 7) is 5.54. The van der Waals surface area contributed by atoms with Gasteiger partial charge in [0.25, 0.3) is 5.91 Å². The van der Waals surface area contributed by atoms with Gasteiger partial charge in [0.15, 0.2) is 0 Å². The summed E-state index contributed by atoms with van der Waals surface area (Å²) in [6, 6.07) is 15.9. The van der Waals surface area contributed by atoms with Crippen LogP contribution in [-0.2, 0) is 10.0 Å². The number of aromatic nitrogens is 2. The minimum absolute atomic E-state index is 0.214. The van der Waals surface area contributed by atoms with Crippen LogP contribution in [0, 0.1) is 13.8 Å². The summed E-state index contributed by atoms with van der Waals surface area (Å²) >= 11 is 0. The van der Waals surface area contributed by atoms with Crippen LogP contribution in [0.1, 0.15) is 40.3 Å². The van der Waals surface area contributed by atoms with E-state index in [0.29, 0.717) is 11.3 Å². The average molecular weight is 427 g/mol. The van der Waals surface area contributed by atoms with Gasteiger partial charge >= 0.3 is 0 Å². The number of aryl methyl sites for hydroxylation is 1. The summed E-state index contributed by atoms with van der Waals surface area (Å²) in [5.41, 5.74) is 3.65. The average Bonchev–Trinajstić information content (AvgIpc) is 3.02. The predicted octanol–water partition coefficient (Wildman–Crippen LogP) is 3.23. The van der Waals surface area contributed by atoms with E-state index in [0.717, 1.165) is 16.9 Å². The van der Waals surface area contributed by atoms with Gasteiger partial charge in [-0.3, -0.25) is 4.79 Å². The van der Waals surface area contributed by atoms with Crippen molar-refractivity contribution in [2.75, 3.05) is 14.1 Å². The first kappa shape index (κ1) is 21.7. The molecule has 3 aromatic rings. The Bertz CT molecular complexity index is 1150. The molecule has 158 valence electrons. The predicted molar refractivity (Wildman–Crippen MR) is 116 cm³/mol. The maximum Gasteiger partial charge on any atom is 0.255 e. The Morgan fingerprint density at radius 2 is 1.63 bits per heavy atom. The molecule has 1 heterocycles. The minimum Gasteiger partial charge on any atom is -0.345 e. The van der Waals surface area contributed by atoms with Crippen LogP contribution in [0.25, 0.3) is 5.69 Å². The number of amides is 1. The highest BCUT2D eigenvalue weighted by Crippen LogP contribution is 2.21. The van der Waals surface area contributed by atoms with Crippen LogP contribution in [0.15, 0.2) is 59.5 Å². The summed E-state index contributed by atoms with van der Waals surface area (Å²) in [6.07, 6.45) is 0. The molecule has 0 aliphatic rings. The van der Waals surface area contributed by atoms with Crippen LogP contribution < -0.4 is 5.32 Å². The molecule has 0 bridgehead atoms. The highest BCUT2D eigenvalue weighted by atomic mass is 32.2. The van der Waals surface area contributed by atoms with Gasteiger partial charge < -0.3 is 5.32 Å². The first-order valence-electron chi connectivity index (χ1n) is 9.58. The zero-order valence-corrected chi connectivity index (χ0v) is 18.6. The maximum absolute atomic E-state index is 13.0. The second-order valence-electron chi connectivity index (χ2n) is 7.34. The second-order valence-corrected chi connectivity index (χ2v) is 9.50. The van der Waals surface area contributed by atoms with Crippen LogP contribution in [-0.4, -0.2) is 42.5 Å². The van der Waals surface area contributed by atoms with Crippen molar-refractivity contribution < 1.29 is 13.2 Å². The molecule has 0 aliphatic carbocycles. The van der Waals surface area contributed by atoms with E-state index in [1.165, 1.54) is 18.4 Å². The van der Waals surface area contributed by atoms with Crippen molar-refractivity contribution >= 4 is 15.9 Å². The van der Waals surface area contributed by atoms with Crippen molar-refractivity contribution in [3.63, 3.8) is 0 Å². The van der Waals surface area contributed by atoms with Crippen LogP contribution in [0.4, 0.5) is 0 Å². The largest absolute Gasteiger partial charge is 0.345 e. The molecule has 0 saturated heterocycles. The number of para-hydroxylation sites is 1. The number of carbonyl (C=O) groups is 1. The third kappa shape index (κ3) is 4.15. The first-order valence-corrected chi connectivity index (χ1v) is 11.0. The number of rotatable bonds is 6. The van der Waals surface area contributed by atoms with E-state index in [-0.39, 0.29) is 16.8 Å². The van der Waals surface area contributed by atoms with Crippen LogP contribution in [0.2, 0.25) is 0 Å². The number of sulfonamides is 1. The molecular weight excluding hydrogens is 400 g/mol. The quantitative estimate of drug-likeness (QED) is 0.656.